The van der Waals surface area contributed by atoms with E-state index in [1.165, 1.54) is 32.1 Å². The topological polar surface area (TPSA) is 50.4 Å². The van der Waals surface area contributed by atoms with Crippen molar-refractivity contribution in [1.82, 2.24) is 5.32 Å². The molecule has 0 unspecified atom stereocenters. The fourth-order valence-corrected chi connectivity index (χ4v) is 2.84. The Morgan fingerprint density at radius 2 is 2.10 bits per heavy atom. The van der Waals surface area contributed by atoms with Crippen LogP contribution in [0.5, 0.6) is 5.75 Å². The molecule has 0 bridgehead atoms. The van der Waals surface area contributed by atoms with Gasteiger partial charge in [-0.3, -0.25) is 4.79 Å². The highest BCUT2D eigenvalue weighted by atomic mass is 35.5. The highest BCUT2D eigenvalue weighted by Gasteiger charge is 2.14. The predicted molar refractivity (Wildman–Crippen MR) is 86.1 cm³/mol. The molecule has 21 heavy (non-hydrogen) atoms. The summed E-state index contributed by atoms with van der Waals surface area (Å²) in [4.78, 5) is 11.9. The molecule has 1 aliphatic rings. The predicted octanol–water partition coefficient (Wildman–Crippen LogP) is 3.46. The normalized spacial score (nSPS) is 15.5. The number of methoxy groups -OCH3 is 1. The smallest absolute Gasteiger partial charge is 0.239 e. The molecule has 4 nitrogen and oxygen atoms in total. The molecule has 0 radical (unpaired) electrons. The van der Waals surface area contributed by atoms with Gasteiger partial charge in [0.1, 0.15) is 5.75 Å². The molecule has 1 amide bonds. The lowest BCUT2D eigenvalue weighted by Gasteiger charge is -2.21. The van der Waals surface area contributed by atoms with Crippen molar-refractivity contribution < 1.29 is 9.53 Å². The van der Waals surface area contributed by atoms with Crippen LogP contribution in [0, 0.1) is 5.92 Å². The van der Waals surface area contributed by atoms with Crippen molar-refractivity contribution in [2.75, 3.05) is 25.5 Å². The second-order valence-electron chi connectivity index (χ2n) is 5.51. The van der Waals surface area contributed by atoms with E-state index in [1.807, 2.05) is 0 Å². The van der Waals surface area contributed by atoms with Crippen LogP contribution in [0.3, 0.4) is 0 Å². The standard InChI is InChI=1S/C16H23ClN2O2/c1-21-13-7-8-14(17)15(9-13)18-11-16(20)19-10-12-5-3-2-4-6-12/h7-9,12,18H,2-6,10-11H2,1H3,(H,19,20). The van der Waals surface area contributed by atoms with Gasteiger partial charge in [0.15, 0.2) is 0 Å². The van der Waals surface area contributed by atoms with E-state index >= 15 is 0 Å². The summed E-state index contributed by atoms with van der Waals surface area (Å²) in [6.07, 6.45) is 6.38. The first-order chi connectivity index (χ1) is 10.2. The molecule has 1 saturated carbocycles. The monoisotopic (exact) mass is 310 g/mol. The van der Waals surface area contributed by atoms with E-state index in [9.17, 15) is 4.79 Å². The van der Waals surface area contributed by atoms with Crippen LogP contribution in [0.25, 0.3) is 0 Å². The van der Waals surface area contributed by atoms with E-state index in [4.69, 9.17) is 16.3 Å². The molecular formula is C16H23ClN2O2. The number of nitrogens with one attached hydrogen (secondary N) is 2. The Kier molecular flexibility index (Phi) is 6.18. The number of ether oxygens (including phenoxy) is 1. The van der Waals surface area contributed by atoms with Crippen LogP contribution >= 0.6 is 11.6 Å². The number of hydrogen-bond donors (Lipinski definition) is 2. The van der Waals surface area contributed by atoms with Gasteiger partial charge in [-0.25, -0.2) is 0 Å². The van der Waals surface area contributed by atoms with Crippen LogP contribution in [-0.4, -0.2) is 26.1 Å². The summed E-state index contributed by atoms with van der Waals surface area (Å²) in [5.74, 6) is 1.35. The fraction of sp³-hybridized carbons (Fsp3) is 0.562. The summed E-state index contributed by atoms with van der Waals surface area (Å²) in [7, 11) is 1.60. The number of carbonyl (C=O) groups excluding carboxylic acids is 1. The first kappa shape index (κ1) is 16.0. The number of halogens is 1. The van der Waals surface area contributed by atoms with Crippen molar-refractivity contribution >= 4 is 23.2 Å². The summed E-state index contributed by atoms with van der Waals surface area (Å²) in [5.41, 5.74) is 0.712. The van der Waals surface area contributed by atoms with E-state index in [2.05, 4.69) is 10.6 Å². The first-order valence-electron chi connectivity index (χ1n) is 7.53. The summed E-state index contributed by atoms with van der Waals surface area (Å²) < 4.78 is 5.14. The van der Waals surface area contributed by atoms with Crippen LogP contribution in [0.4, 0.5) is 5.69 Å². The Bertz CT molecular complexity index is 473. The van der Waals surface area contributed by atoms with Gasteiger partial charge in [0.05, 0.1) is 24.4 Å². The minimum absolute atomic E-state index is 0.000500. The zero-order valence-electron chi connectivity index (χ0n) is 12.5. The number of hydrogen-bond acceptors (Lipinski definition) is 3. The molecule has 0 spiro atoms. The van der Waals surface area contributed by atoms with Gasteiger partial charge in [-0.1, -0.05) is 30.9 Å². The zero-order chi connectivity index (χ0) is 15.1. The maximum Gasteiger partial charge on any atom is 0.239 e. The number of carbonyl (C=O) groups is 1. The van der Waals surface area contributed by atoms with Gasteiger partial charge in [0.25, 0.3) is 0 Å². The molecule has 5 heteroatoms. The maximum atomic E-state index is 11.9. The zero-order valence-corrected chi connectivity index (χ0v) is 13.2. The number of amides is 1. The number of benzene rings is 1. The van der Waals surface area contributed by atoms with Crippen LogP contribution in [0.15, 0.2) is 18.2 Å². The summed E-state index contributed by atoms with van der Waals surface area (Å²) in [6, 6.07) is 5.33. The minimum atomic E-state index is -0.000500. The lowest BCUT2D eigenvalue weighted by atomic mass is 9.89. The van der Waals surface area contributed by atoms with Crippen LogP contribution in [0.1, 0.15) is 32.1 Å². The molecule has 1 aromatic carbocycles. The molecule has 0 saturated heterocycles. The van der Waals surface area contributed by atoms with Crippen molar-refractivity contribution in [3.05, 3.63) is 23.2 Å². The van der Waals surface area contributed by atoms with Gasteiger partial charge in [0, 0.05) is 12.6 Å². The molecule has 1 aromatic rings. The second-order valence-corrected chi connectivity index (χ2v) is 5.91. The largest absolute Gasteiger partial charge is 0.497 e. The minimum Gasteiger partial charge on any atom is -0.497 e. The first-order valence-corrected chi connectivity index (χ1v) is 7.91. The van der Waals surface area contributed by atoms with Gasteiger partial charge in [0.2, 0.25) is 5.91 Å². The van der Waals surface area contributed by atoms with Gasteiger partial charge in [-0.05, 0) is 30.9 Å². The number of anilines is 1. The Morgan fingerprint density at radius 1 is 1.33 bits per heavy atom. The molecule has 0 heterocycles. The Balaban J connectivity index is 1.75. The van der Waals surface area contributed by atoms with Crippen molar-refractivity contribution in [1.29, 1.82) is 0 Å². The highest BCUT2D eigenvalue weighted by molar-refractivity contribution is 6.33. The van der Waals surface area contributed by atoms with Crippen molar-refractivity contribution in [2.24, 2.45) is 5.92 Å². The van der Waals surface area contributed by atoms with Gasteiger partial charge in [-0.15, -0.1) is 0 Å². The van der Waals surface area contributed by atoms with E-state index in [0.29, 0.717) is 22.4 Å². The van der Waals surface area contributed by atoms with E-state index < -0.39 is 0 Å². The maximum absolute atomic E-state index is 11.9. The molecule has 116 valence electrons. The van der Waals surface area contributed by atoms with Crippen LogP contribution in [0.2, 0.25) is 5.02 Å². The van der Waals surface area contributed by atoms with Gasteiger partial charge in [-0.2, -0.15) is 0 Å². The summed E-state index contributed by atoms with van der Waals surface area (Å²) in [5, 5.41) is 6.63. The molecule has 1 aliphatic carbocycles. The molecule has 2 rings (SSSR count). The molecule has 1 fully saturated rings. The molecule has 0 aromatic heterocycles. The van der Waals surface area contributed by atoms with E-state index in [-0.39, 0.29) is 12.5 Å². The third-order valence-corrected chi connectivity index (χ3v) is 4.26. The molecule has 0 aliphatic heterocycles. The summed E-state index contributed by atoms with van der Waals surface area (Å²) >= 11 is 6.09. The quantitative estimate of drug-likeness (QED) is 0.846. The molecule has 0 atom stereocenters. The van der Waals surface area contributed by atoms with Gasteiger partial charge < -0.3 is 15.4 Å². The van der Waals surface area contributed by atoms with Crippen molar-refractivity contribution in [3.63, 3.8) is 0 Å². The fourth-order valence-electron chi connectivity index (χ4n) is 2.65. The number of rotatable bonds is 6. The van der Waals surface area contributed by atoms with E-state index in [0.717, 1.165) is 6.54 Å². The Labute approximate surface area is 131 Å². The second kappa shape index (κ2) is 8.13. The average Bonchev–Trinajstić information content (AvgIpc) is 2.53. The van der Waals surface area contributed by atoms with Gasteiger partial charge >= 0.3 is 0 Å². The van der Waals surface area contributed by atoms with Crippen molar-refractivity contribution in [2.45, 2.75) is 32.1 Å². The molecular weight excluding hydrogens is 288 g/mol. The van der Waals surface area contributed by atoms with E-state index in [1.54, 1.807) is 25.3 Å². The lowest BCUT2D eigenvalue weighted by molar-refractivity contribution is -0.119. The van der Waals surface area contributed by atoms with Crippen LogP contribution in [-0.2, 0) is 4.79 Å². The van der Waals surface area contributed by atoms with Crippen LogP contribution < -0.4 is 15.4 Å². The Hall–Kier alpha value is -1.42. The third-order valence-electron chi connectivity index (χ3n) is 3.93. The lowest BCUT2D eigenvalue weighted by Crippen LogP contribution is -2.34. The Morgan fingerprint density at radius 3 is 2.81 bits per heavy atom. The summed E-state index contributed by atoms with van der Waals surface area (Å²) in [6.45, 7) is 1.01. The third kappa shape index (κ3) is 5.12. The average molecular weight is 311 g/mol. The highest BCUT2D eigenvalue weighted by Crippen LogP contribution is 2.26. The SMILES string of the molecule is COc1ccc(Cl)c(NCC(=O)NCC2CCCCC2)c1. The molecule has 2 N–H and O–H groups in total. The van der Waals surface area contributed by atoms with Crippen molar-refractivity contribution in [3.8, 4) is 5.75 Å².